The van der Waals surface area contributed by atoms with Crippen LogP contribution in [0.15, 0.2) is 29.3 Å². The molecule has 0 atom stereocenters. The van der Waals surface area contributed by atoms with Crippen LogP contribution in [0.2, 0.25) is 0 Å². The van der Waals surface area contributed by atoms with Crippen molar-refractivity contribution in [3.05, 3.63) is 35.4 Å². The number of hydrogen-bond donors (Lipinski definition) is 0. The Hall–Kier alpha value is -1.84. The molecule has 0 spiro atoms. The molecular formula is C16H24N2O2. The van der Waals surface area contributed by atoms with Crippen LogP contribution in [0.1, 0.15) is 43.6 Å². The zero-order chi connectivity index (χ0) is 15.3. The Kier molecular flexibility index (Phi) is 5.74. The molecule has 0 unspecified atom stereocenters. The highest BCUT2D eigenvalue weighted by atomic mass is 16.5. The van der Waals surface area contributed by atoms with Crippen molar-refractivity contribution >= 4 is 11.9 Å². The Balaban J connectivity index is 3.03. The van der Waals surface area contributed by atoms with Gasteiger partial charge < -0.3 is 9.64 Å². The predicted molar refractivity (Wildman–Crippen MR) is 82.1 cm³/mol. The van der Waals surface area contributed by atoms with Crippen molar-refractivity contribution in [3.63, 3.8) is 0 Å². The summed E-state index contributed by atoms with van der Waals surface area (Å²) in [6.45, 7) is 9.83. The van der Waals surface area contributed by atoms with Gasteiger partial charge >= 0.3 is 0 Å². The van der Waals surface area contributed by atoms with Gasteiger partial charge in [0.2, 0.25) is 0 Å². The zero-order valence-electron chi connectivity index (χ0n) is 13.2. The number of aliphatic imine (C=N–C) groups is 1. The number of aryl methyl sites for hydroxylation is 1. The lowest BCUT2D eigenvalue weighted by Gasteiger charge is -2.25. The van der Waals surface area contributed by atoms with Gasteiger partial charge in [-0.3, -0.25) is 4.79 Å². The standard InChI is InChI=1S/C16H24N2O2/c1-11(2)18(6)16(20-12(3)4)17-15(19)14-9-7-8-13(5)10-14/h7-12H,1-6H3. The van der Waals surface area contributed by atoms with Gasteiger partial charge in [-0.05, 0) is 46.8 Å². The minimum atomic E-state index is -0.281. The normalized spacial score (nSPS) is 11.9. The molecule has 0 aliphatic rings. The van der Waals surface area contributed by atoms with Gasteiger partial charge in [0.05, 0.1) is 6.10 Å². The summed E-state index contributed by atoms with van der Waals surface area (Å²) in [6.07, 6.45) is -0.0275. The molecule has 4 nitrogen and oxygen atoms in total. The van der Waals surface area contributed by atoms with Gasteiger partial charge in [0.1, 0.15) is 0 Å². The van der Waals surface area contributed by atoms with E-state index >= 15 is 0 Å². The van der Waals surface area contributed by atoms with Gasteiger partial charge in [0, 0.05) is 18.7 Å². The van der Waals surface area contributed by atoms with Gasteiger partial charge in [-0.15, -0.1) is 0 Å². The number of amidine groups is 1. The van der Waals surface area contributed by atoms with Gasteiger partial charge in [0.15, 0.2) is 0 Å². The Morgan fingerprint density at radius 3 is 2.40 bits per heavy atom. The molecule has 0 saturated heterocycles. The van der Waals surface area contributed by atoms with E-state index in [-0.39, 0.29) is 18.1 Å². The molecule has 1 rings (SSSR count). The first-order valence-electron chi connectivity index (χ1n) is 6.90. The number of amides is 1. The first-order valence-corrected chi connectivity index (χ1v) is 6.90. The van der Waals surface area contributed by atoms with Crippen molar-refractivity contribution in [1.29, 1.82) is 0 Å². The molecule has 0 bridgehead atoms. The molecule has 0 aliphatic heterocycles. The lowest BCUT2D eigenvalue weighted by molar-refractivity contribution is 0.0988. The lowest BCUT2D eigenvalue weighted by Crippen LogP contribution is -2.37. The van der Waals surface area contributed by atoms with E-state index in [1.165, 1.54) is 0 Å². The van der Waals surface area contributed by atoms with Gasteiger partial charge in [0.25, 0.3) is 11.9 Å². The number of benzene rings is 1. The van der Waals surface area contributed by atoms with Crippen molar-refractivity contribution in [2.24, 2.45) is 4.99 Å². The third kappa shape index (κ3) is 4.68. The van der Waals surface area contributed by atoms with E-state index in [0.717, 1.165) is 5.56 Å². The number of carbonyl (C=O) groups is 1. The molecule has 0 aliphatic carbocycles. The number of hydrogen-bond acceptors (Lipinski definition) is 2. The fourth-order valence-electron chi connectivity index (χ4n) is 1.55. The monoisotopic (exact) mass is 276 g/mol. The van der Waals surface area contributed by atoms with Crippen LogP contribution in [-0.4, -0.2) is 36.0 Å². The third-order valence-corrected chi connectivity index (χ3v) is 2.88. The van der Waals surface area contributed by atoms with E-state index in [1.54, 1.807) is 6.07 Å². The second kappa shape index (κ2) is 7.08. The molecular weight excluding hydrogens is 252 g/mol. The Labute approximate surface area is 121 Å². The zero-order valence-corrected chi connectivity index (χ0v) is 13.2. The maximum absolute atomic E-state index is 12.2. The summed E-state index contributed by atoms with van der Waals surface area (Å²) in [7, 11) is 1.87. The van der Waals surface area contributed by atoms with E-state index < -0.39 is 0 Å². The number of nitrogens with zero attached hydrogens (tertiary/aromatic N) is 2. The summed E-state index contributed by atoms with van der Waals surface area (Å²) < 4.78 is 5.65. The maximum atomic E-state index is 12.2. The van der Waals surface area contributed by atoms with Gasteiger partial charge in [-0.1, -0.05) is 17.7 Å². The minimum Gasteiger partial charge on any atom is -0.462 e. The van der Waals surface area contributed by atoms with Crippen molar-refractivity contribution in [2.45, 2.75) is 46.8 Å². The number of carbonyl (C=O) groups excluding carboxylic acids is 1. The highest BCUT2D eigenvalue weighted by Crippen LogP contribution is 2.08. The summed E-state index contributed by atoms with van der Waals surface area (Å²) >= 11 is 0. The second-order valence-corrected chi connectivity index (χ2v) is 5.44. The Morgan fingerprint density at radius 1 is 1.25 bits per heavy atom. The molecule has 0 heterocycles. The summed E-state index contributed by atoms with van der Waals surface area (Å²) in [5, 5.41) is 0. The van der Waals surface area contributed by atoms with Crippen LogP contribution in [0.25, 0.3) is 0 Å². The molecule has 110 valence electrons. The van der Waals surface area contributed by atoms with Gasteiger partial charge in [-0.2, -0.15) is 4.99 Å². The maximum Gasteiger partial charge on any atom is 0.295 e. The molecule has 1 aromatic carbocycles. The number of ether oxygens (including phenoxy) is 1. The topological polar surface area (TPSA) is 41.9 Å². The fraction of sp³-hybridized carbons (Fsp3) is 0.500. The van der Waals surface area contributed by atoms with Crippen LogP contribution in [0.5, 0.6) is 0 Å². The summed E-state index contributed by atoms with van der Waals surface area (Å²) in [6, 6.07) is 7.97. The molecule has 0 aromatic heterocycles. The Morgan fingerprint density at radius 2 is 1.90 bits per heavy atom. The van der Waals surface area contributed by atoms with Crippen molar-refractivity contribution in [1.82, 2.24) is 4.90 Å². The average molecular weight is 276 g/mol. The van der Waals surface area contributed by atoms with Crippen molar-refractivity contribution in [3.8, 4) is 0 Å². The van der Waals surface area contributed by atoms with Crippen LogP contribution in [0.4, 0.5) is 0 Å². The first kappa shape index (κ1) is 16.2. The molecule has 0 N–H and O–H groups in total. The molecule has 20 heavy (non-hydrogen) atoms. The minimum absolute atomic E-state index is 0.0275. The predicted octanol–water partition coefficient (Wildman–Crippen LogP) is 3.26. The SMILES string of the molecule is Cc1cccc(C(=O)N=C(OC(C)C)N(C)C(C)C)c1. The van der Waals surface area contributed by atoms with Crippen LogP contribution >= 0.6 is 0 Å². The molecule has 0 fully saturated rings. The van der Waals surface area contributed by atoms with E-state index in [9.17, 15) is 4.79 Å². The summed E-state index contributed by atoms with van der Waals surface area (Å²) in [5.41, 5.74) is 1.61. The van der Waals surface area contributed by atoms with E-state index in [1.807, 2.05) is 64.8 Å². The second-order valence-electron chi connectivity index (χ2n) is 5.44. The van der Waals surface area contributed by atoms with Crippen molar-refractivity contribution < 1.29 is 9.53 Å². The van der Waals surface area contributed by atoms with Crippen LogP contribution in [0, 0.1) is 6.92 Å². The van der Waals surface area contributed by atoms with E-state index in [0.29, 0.717) is 11.6 Å². The molecule has 0 radical (unpaired) electrons. The smallest absolute Gasteiger partial charge is 0.295 e. The third-order valence-electron chi connectivity index (χ3n) is 2.88. The average Bonchev–Trinajstić information content (AvgIpc) is 2.36. The summed E-state index contributed by atoms with van der Waals surface area (Å²) in [5.74, 6) is -0.281. The first-order chi connectivity index (χ1) is 9.31. The molecule has 0 saturated carbocycles. The largest absolute Gasteiger partial charge is 0.462 e. The lowest BCUT2D eigenvalue weighted by atomic mass is 10.1. The fourth-order valence-corrected chi connectivity index (χ4v) is 1.55. The van der Waals surface area contributed by atoms with Crippen LogP contribution < -0.4 is 0 Å². The highest BCUT2D eigenvalue weighted by molar-refractivity contribution is 6.01. The molecule has 1 aromatic rings. The Bertz CT molecular complexity index is 493. The van der Waals surface area contributed by atoms with E-state index in [4.69, 9.17) is 4.74 Å². The van der Waals surface area contributed by atoms with E-state index in [2.05, 4.69) is 4.99 Å². The molecule has 4 heteroatoms. The van der Waals surface area contributed by atoms with Crippen LogP contribution in [0.3, 0.4) is 0 Å². The van der Waals surface area contributed by atoms with Crippen LogP contribution in [-0.2, 0) is 4.74 Å². The quantitative estimate of drug-likeness (QED) is 0.628. The van der Waals surface area contributed by atoms with Crippen molar-refractivity contribution in [2.75, 3.05) is 7.05 Å². The summed E-state index contributed by atoms with van der Waals surface area (Å²) in [4.78, 5) is 18.2. The molecule has 1 amide bonds. The number of rotatable bonds is 3. The van der Waals surface area contributed by atoms with Gasteiger partial charge in [-0.25, -0.2) is 0 Å². The highest BCUT2D eigenvalue weighted by Gasteiger charge is 2.16.